The number of anilines is 1. The quantitative estimate of drug-likeness (QED) is 0.292. The van der Waals surface area contributed by atoms with Gasteiger partial charge in [0, 0.05) is 24.9 Å². The maximum Gasteiger partial charge on any atom is 0.276 e. The molecule has 3 rings (SSSR count). The first kappa shape index (κ1) is 17.7. The van der Waals surface area contributed by atoms with Crippen molar-refractivity contribution >= 4 is 38.3 Å². The number of hydrogen-bond acceptors (Lipinski definition) is 8. The summed E-state index contributed by atoms with van der Waals surface area (Å²) in [5, 5.41) is 13.8. The molecule has 0 aliphatic carbocycles. The minimum atomic E-state index is -0.583. The number of benzene rings is 1. The second kappa shape index (κ2) is 7.85. The molecule has 0 unspecified atom stereocenters. The summed E-state index contributed by atoms with van der Waals surface area (Å²) in [5.74, 6) is 0.0633. The average molecular weight is 374 g/mol. The Balaban J connectivity index is 1.75. The van der Waals surface area contributed by atoms with Crippen LogP contribution in [0, 0.1) is 10.1 Å². The van der Waals surface area contributed by atoms with Crippen molar-refractivity contribution in [1.29, 1.82) is 0 Å². The molecular weight excluding hydrogens is 360 g/mol. The lowest BCUT2D eigenvalue weighted by Crippen LogP contribution is -2.13. The number of pyridine rings is 1. The van der Waals surface area contributed by atoms with Gasteiger partial charge in [-0.3, -0.25) is 25.2 Å². The molecule has 0 bridgehead atoms. The number of aromatic nitrogens is 2. The highest BCUT2D eigenvalue weighted by Gasteiger charge is 2.15. The number of hydrogen-bond donors (Lipinski definition) is 1. The highest BCUT2D eigenvalue weighted by Crippen LogP contribution is 2.29. The zero-order valence-corrected chi connectivity index (χ0v) is 14.5. The molecule has 0 aliphatic rings. The third-order valence-corrected chi connectivity index (χ3v) is 4.21. The van der Waals surface area contributed by atoms with Crippen LogP contribution in [0.1, 0.15) is 17.4 Å². The lowest BCUT2D eigenvalue weighted by Gasteiger charge is -2.04. The molecule has 0 saturated heterocycles. The summed E-state index contributed by atoms with van der Waals surface area (Å²) in [6, 6.07) is 7.66. The predicted molar refractivity (Wildman–Crippen MR) is 95.6 cm³/mol. The van der Waals surface area contributed by atoms with Crippen LogP contribution >= 0.6 is 11.3 Å². The minimum Gasteiger partial charge on any atom is -0.468 e. The van der Waals surface area contributed by atoms with E-state index in [1.54, 1.807) is 18.2 Å². The predicted octanol–water partition coefficient (Wildman–Crippen LogP) is 3.22. The molecule has 134 valence electrons. The van der Waals surface area contributed by atoms with Crippen molar-refractivity contribution in [2.75, 3.05) is 18.7 Å². The van der Waals surface area contributed by atoms with Crippen LogP contribution in [0.15, 0.2) is 36.5 Å². The number of ether oxygens (including phenoxy) is 2. The van der Waals surface area contributed by atoms with Crippen molar-refractivity contribution in [3.63, 3.8) is 0 Å². The molecule has 0 radical (unpaired) electrons. The summed E-state index contributed by atoms with van der Waals surface area (Å²) in [6.07, 6.45) is 1.22. The van der Waals surface area contributed by atoms with Gasteiger partial charge in [0.05, 0.1) is 15.1 Å². The van der Waals surface area contributed by atoms with E-state index < -0.39 is 10.8 Å². The van der Waals surface area contributed by atoms with E-state index in [-0.39, 0.29) is 18.2 Å². The molecule has 26 heavy (non-hydrogen) atoms. The molecule has 0 fully saturated rings. The fourth-order valence-corrected chi connectivity index (χ4v) is 2.95. The highest BCUT2D eigenvalue weighted by atomic mass is 32.1. The summed E-state index contributed by atoms with van der Waals surface area (Å²) in [6.45, 7) is 2.59. The third kappa shape index (κ3) is 4.10. The minimum absolute atomic E-state index is 0.0563. The van der Waals surface area contributed by atoms with Crippen molar-refractivity contribution in [2.24, 2.45) is 0 Å². The summed E-state index contributed by atoms with van der Waals surface area (Å²) in [5.41, 5.74) is 0.436. The second-order valence-electron chi connectivity index (χ2n) is 5.01. The van der Waals surface area contributed by atoms with Crippen LogP contribution in [0.2, 0.25) is 0 Å². The van der Waals surface area contributed by atoms with Gasteiger partial charge < -0.3 is 9.47 Å². The number of rotatable bonds is 7. The van der Waals surface area contributed by atoms with Gasteiger partial charge in [0.2, 0.25) is 0 Å². The average Bonchev–Trinajstić information content (AvgIpc) is 3.03. The summed E-state index contributed by atoms with van der Waals surface area (Å²) in [4.78, 5) is 30.6. The molecule has 10 heteroatoms. The summed E-state index contributed by atoms with van der Waals surface area (Å²) in [7, 11) is 0. The van der Waals surface area contributed by atoms with Crippen molar-refractivity contribution in [2.45, 2.75) is 6.92 Å². The van der Waals surface area contributed by atoms with Crippen molar-refractivity contribution in [1.82, 2.24) is 9.97 Å². The van der Waals surface area contributed by atoms with Crippen LogP contribution in [0.5, 0.6) is 5.75 Å². The van der Waals surface area contributed by atoms with Crippen LogP contribution in [-0.4, -0.2) is 34.2 Å². The molecule has 3 aromatic rings. The fourth-order valence-electron chi connectivity index (χ4n) is 2.06. The first-order chi connectivity index (χ1) is 12.6. The fraction of sp³-hybridized carbons (Fsp3) is 0.188. The Morgan fingerprint density at radius 2 is 2.19 bits per heavy atom. The number of nitrogens with zero attached hydrogens (tertiary/aromatic N) is 3. The number of carbonyl (C=O) groups excluding carboxylic acids is 1. The van der Waals surface area contributed by atoms with Crippen LogP contribution in [0.4, 0.5) is 10.8 Å². The zero-order chi connectivity index (χ0) is 18.5. The molecule has 0 atom stereocenters. The maximum absolute atomic E-state index is 12.2. The lowest BCUT2D eigenvalue weighted by atomic mass is 10.3. The van der Waals surface area contributed by atoms with Crippen LogP contribution in [0.3, 0.4) is 0 Å². The van der Waals surface area contributed by atoms with Gasteiger partial charge in [0.15, 0.2) is 11.9 Å². The topological polar surface area (TPSA) is 116 Å². The number of thiazole rings is 1. The monoisotopic (exact) mass is 374 g/mol. The van der Waals surface area contributed by atoms with E-state index in [0.717, 1.165) is 10.8 Å². The maximum atomic E-state index is 12.2. The number of amides is 1. The Morgan fingerprint density at radius 1 is 1.35 bits per heavy atom. The first-order valence-electron chi connectivity index (χ1n) is 7.59. The van der Waals surface area contributed by atoms with Crippen molar-refractivity contribution in [3.8, 4) is 5.75 Å². The van der Waals surface area contributed by atoms with Gasteiger partial charge in [0.25, 0.3) is 11.6 Å². The molecule has 2 heterocycles. The Bertz CT molecular complexity index is 959. The number of carbonyl (C=O) groups is 1. The molecule has 0 saturated carbocycles. The number of fused-ring (bicyclic) bond motifs is 1. The SMILES string of the molecule is CCOCOc1ccc2nc(NC(=O)c3cc([N+](=O)[O-])ccn3)sc2c1. The Morgan fingerprint density at radius 3 is 2.96 bits per heavy atom. The van der Waals surface area contributed by atoms with E-state index in [2.05, 4.69) is 15.3 Å². The Kier molecular flexibility index (Phi) is 5.34. The van der Waals surface area contributed by atoms with E-state index >= 15 is 0 Å². The summed E-state index contributed by atoms with van der Waals surface area (Å²) >= 11 is 1.26. The van der Waals surface area contributed by atoms with Crippen molar-refractivity contribution in [3.05, 3.63) is 52.3 Å². The largest absolute Gasteiger partial charge is 0.468 e. The Labute approximate surface area is 151 Å². The molecule has 2 aromatic heterocycles. The normalized spacial score (nSPS) is 10.7. The van der Waals surface area contributed by atoms with E-state index in [1.165, 1.54) is 23.6 Å². The van der Waals surface area contributed by atoms with Crippen LogP contribution in [-0.2, 0) is 4.74 Å². The van der Waals surface area contributed by atoms with E-state index in [9.17, 15) is 14.9 Å². The molecular formula is C16H14N4O5S. The van der Waals surface area contributed by atoms with Crippen LogP contribution in [0.25, 0.3) is 10.2 Å². The van der Waals surface area contributed by atoms with Crippen molar-refractivity contribution < 1.29 is 19.2 Å². The number of nitrogens with one attached hydrogen (secondary N) is 1. The molecule has 9 nitrogen and oxygen atoms in total. The van der Waals surface area contributed by atoms with Gasteiger partial charge >= 0.3 is 0 Å². The molecule has 0 aliphatic heterocycles. The third-order valence-electron chi connectivity index (χ3n) is 3.28. The van der Waals surface area contributed by atoms with Gasteiger partial charge in [-0.1, -0.05) is 11.3 Å². The van der Waals surface area contributed by atoms with E-state index in [4.69, 9.17) is 9.47 Å². The summed E-state index contributed by atoms with van der Waals surface area (Å²) < 4.78 is 11.4. The molecule has 1 aromatic carbocycles. The molecule has 1 N–H and O–H groups in total. The zero-order valence-electron chi connectivity index (χ0n) is 13.7. The van der Waals surface area contributed by atoms with Gasteiger partial charge in [-0.05, 0) is 25.1 Å². The van der Waals surface area contributed by atoms with Gasteiger partial charge in [-0.2, -0.15) is 0 Å². The standard InChI is InChI=1S/C16H14N4O5S/c1-2-24-9-25-11-3-4-12-14(8-11)26-16(18-12)19-15(21)13-7-10(20(22)23)5-6-17-13/h3-8H,2,9H2,1H3,(H,18,19,21). The van der Waals surface area contributed by atoms with Crippen LogP contribution < -0.4 is 10.1 Å². The first-order valence-corrected chi connectivity index (χ1v) is 8.41. The molecule has 0 spiro atoms. The highest BCUT2D eigenvalue weighted by molar-refractivity contribution is 7.22. The van der Waals surface area contributed by atoms with Gasteiger partial charge in [-0.25, -0.2) is 4.98 Å². The molecule has 1 amide bonds. The van der Waals surface area contributed by atoms with Gasteiger partial charge in [-0.15, -0.1) is 0 Å². The number of nitro groups is 1. The Hall–Kier alpha value is -3.11. The van der Waals surface area contributed by atoms with Gasteiger partial charge in [0.1, 0.15) is 11.4 Å². The smallest absolute Gasteiger partial charge is 0.276 e. The lowest BCUT2D eigenvalue weighted by molar-refractivity contribution is -0.385. The second-order valence-corrected chi connectivity index (χ2v) is 6.04. The van der Waals surface area contributed by atoms with E-state index in [1.807, 2.05) is 6.92 Å². The van der Waals surface area contributed by atoms with E-state index in [0.29, 0.717) is 23.0 Å².